The molecule has 0 amide bonds. The molecule has 4 rings (SSSR count). The molecule has 1 aliphatic heterocycles. The average molecular weight is 329 g/mol. The Morgan fingerprint density at radius 3 is 2.68 bits per heavy atom. The Balaban J connectivity index is 1.87. The highest BCUT2D eigenvalue weighted by molar-refractivity contribution is 5.90. The van der Waals surface area contributed by atoms with Crippen LogP contribution in [0.4, 0.5) is 10.1 Å². The molecule has 1 aromatic heterocycles. The van der Waals surface area contributed by atoms with Crippen LogP contribution in [0.2, 0.25) is 0 Å². The van der Waals surface area contributed by atoms with Crippen LogP contribution in [0.25, 0.3) is 28.1 Å². The predicted molar refractivity (Wildman–Crippen MR) is 100 cm³/mol. The molecule has 0 fully saturated rings. The number of rotatable bonds is 2. The van der Waals surface area contributed by atoms with Crippen LogP contribution >= 0.6 is 0 Å². The minimum absolute atomic E-state index is 0.213. The van der Waals surface area contributed by atoms with E-state index in [1.165, 1.54) is 6.07 Å². The summed E-state index contributed by atoms with van der Waals surface area (Å²) in [7, 11) is 0. The Morgan fingerprint density at radius 2 is 1.84 bits per heavy atom. The molecule has 0 bridgehead atoms. The molecule has 1 N–H and O–H groups in total. The zero-order valence-electron chi connectivity index (χ0n) is 13.8. The van der Waals surface area contributed by atoms with Gasteiger partial charge in [0.1, 0.15) is 5.82 Å². The molecule has 0 aliphatic carbocycles. The highest BCUT2D eigenvalue weighted by Gasteiger charge is 2.14. The number of hydrogen-bond acceptors (Lipinski definition) is 3. The zero-order chi connectivity index (χ0) is 17.4. The standard InChI is InChI=1S/C21H16FN3/c1-13-10-16(5-7-19(13)22)21-17(4-3-9-23-21)15-6-8-20-18(11-15)14(2)24-12-25-20/h3-12H,2H2,1H3,(H,24,25). The van der Waals surface area contributed by atoms with Gasteiger partial charge in [0.05, 0.1) is 17.7 Å². The summed E-state index contributed by atoms with van der Waals surface area (Å²) < 4.78 is 13.6. The van der Waals surface area contributed by atoms with Crippen molar-refractivity contribution in [2.45, 2.75) is 6.92 Å². The molecular formula is C21H16FN3. The molecule has 0 saturated carbocycles. The summed E-state index contributed by atoms with van der Waals surface area (Å²) in [6, 6.07) is 15.0. The highest BCUT2D eigenvalue weighted by Crippen LogP contribution is 2.35. The van der Waals surface area contributed by atoms with Crippen molar-refractivity contribution in [1.82, 2.24) is 10.3 Å². The van der Waals surface area contributed by atoms with E-state index >= 15 is 0 Å². The zero-order valence-corrected chi connectivity index (χ0v) is 13.8. The molecule has 0 atom stereocenters. The Kier molecular flexibility index (Phi) is 3.65. The van der Waals surface area contributed by atoms with E-state index in [9.17, 15) is 4.39 Å². The third kappa shape index (κ3) is 2.72. The number of aliphatic imine (C=N–C) groups is 1. The smallest absolute Gasteiger partial charge is 0.126 e. The number of nitrogens with one attached hydrogen (secondary N) is 1. The van der Waals surface area contributed by atoms with E-state index in [2.05, 4.69) is 27.9 Å². The maximum Gasteiger partial charge on any atom is 0.126 e. The van der Waals surface area contributed by atoms with Gasteiger partial charge in [-0.1, -0.05) is 18.7 Å². The van der Waals surface area contributed by atoms with Crippen LogP contribution in [0.3, 0.4) is 0 Å². The van der Waals surface area contributed by atoms with Gasteiger partial charge in [0.15, 0.2) is 0 Å². The monoisotopic (exact) mass is 329 g/mol. The molecule has 3 nitrogen and oxygen atoms in total. The number of benzene rings is 2. The van der Waals surface area contributed by atoms with E-state index in [0.717, 1.165) is 39.3 Å². The Hall–Kier alpha value is -3.27. The molecule has 0 saturated heterocycles. The molecular weight excluding hydrogens is 313 g/mol. The molecule has 0 radical (unpaired) electrons. The summed E-state index contributed by atoms with van der Waals surface area (Å²) in [6.45, 7) is 5.79. The van der Waals surface area contributed by atoms with Crippen molar-refractivity contribution in [3.63, 3.8) is 0 Å². The van der Waals surface area contributed by atoms with E-state index in [-0.39, 0.29) is 5.82 Å². The third-order valence-electron chi connectivity index (χ3n) is 4.31. The lowest BCUT2D eigenvalue weighted by Crippen LogP contribution is -2.12. The Labute approximate surface area is 145 Å². The van der Waals surface area contributed by atoms with Gasteiger partial charge in [0, 0.05) is 28.6 Å². The van der Waals surface area contributed by atoms with E-state index in [1.54, 1.807) is 25.5 Å². The molecule has 0 spiro atoms. The molecule has 122 valence electrons. The van der Waals surface area contributed by atoms with Gasteiger partial charge in [-0.05, 0) is 54.4 Å². The van der Waals surface area contributed by atoms with Crippen LogP contribution < -0.4 is 5.32 Å². The van der Waals surface area contributed by atoms with Gasteiger partial charge < -0.3 is 5.32 Å². The quantitative estimate of drug-likeness (QED) is 0.710. The SMILES string of the molecule is C=C1NC=Nc2ccc(-c3cccnc3-c3ccc(F)c(C)c3)cc21. The minimum Gasteiger partial charge on any atom is -0.346 e. The second kappa shape index (κ2) is 5.98. The first kappa shape index (κ1) is 15.3. The van der Waals surface area contributed by atoms with E-state index in [0.29, 0.717) is 5.56 Å². The highest BCUT2D eigenvalue weighted by atomic mass is 19.1. The second-order valence-electron chi connectivity index (χ2n) is 5.98. The largest absolute Gasteiger partial charge is 0.346 e. The maximum absolute atomic E-state index is 13.6. The van der Waals surface area contributed by atoms with Gasteiger partial charge >= 0.3 is 0 Å². The number of aromatic nitrogens is 1. The maximum atomic E-state index is 13.6. The van der Waals surface area contributed by atoms with E-state index in [4.69, 9.17) is 0 Å². The van der Waals surface area contributed by atoms with Crippen LogP contribution in [0, 0.1) is 12.7 Å². The summed E-state index contributed by atoms with van der Waals surface area (Å²) >= 11 is 0. The lowest BCUT2D eigenvalue weighted by Gasteiger charge is -2.16. The second-order valence-corrected chi connectivity index (χ2v) is 5.98. The first-order valence-electron chi connectivity index (χ1n) is 7.98. The lowest BCUT2D eigenvalue weighted by molar-refractivity contribution is 0.619. The van der Waals surface area contributed by atoms with Gasteiger partial charge in [-0.25, -0.2) is 9.38 Å². The lowest BCUT2D eigenvalue weighted by atomic mass is 9.95. The van der Waals surface area contributed by atoms with Crippen molar-refractivity contribution >= 4 is 17.7 Å². The van der Waals surface area contributed by atoms with Gasteiger partial charge in [-0.2, -0.15) is 0 Å². The summed E-state index contributed by atoms with van der Waals surface area (Å²) in [6.07, 6.45) is 3.39. The molecule has 4 heteroatoms. The predicted octanol–water partition coefficient (Wildman–Crippen LogP) is 5.10. The third-order valence-corrected chi connectivity index (χ3v) is 4.31. The van der Waals surface area contributed by atoms with Crippen LogP contribution in [-0.4, -0.2) is 11.3 Å². The van der Waals surface area contributed by atoms with Crippen molar-refractivity contribution in [2.24, 2.45) is 4.99 Å². The summed E-state index contributed by atoms with van der Waals surface area (Å²) in [5.74, 6) is -0.213. The number of hydrogen-bond donors (Lipinski definition) is 1. The van der Waals surface area contributed by atoms with Crippen molar-refractivity contribution in [2.75, 3.05) is 0 Å². The molecule has 3 aromatic rings. The fraction of sp³-hybridized carbons (Fsp3) is 0.0476. The summed E-state index contributed by atoms with van der Waals surface area (Å²) in [5.41, 5.74) is 6.98. The number of halogens is 1. The van der Waals surface area contributed by atoms with E-state index < -0.39 is 0 Å². The Bertz CT molecular complexity index is 1020. The normalized spacial score (nSPS) is 12.6. The fourth-order valence-corrected chi connectivity index (χ4v) is 2.98. The fourth-order valence-electron chi connectivity index (χ4n) is 2.98. The van der Waals surface area contributed by atoms with Crippen molar-refractivity contribution in [3.05, 3.63) is 78.3 Å². The number of fused-ring (bicyclic) bond motifs is 1. The molecule has 1 aliphatic rings. The van der Waals surface area contributed by atoms with Crippen molar-refractivity contribution < 1.29 is 4.39 Å². The van der Waals surface area contributed by atoms with Crippen LogP contribution in [-0.2, 0) is 0 Å². The van der Waals surface area contributed by atoms with Crippen LogP contribution in [0.5, 0.6) is 0 Å². The van der Waals surface area contributed by atoms with Gasteiger partial charge in [0.2, 0.25) is 0 Å². The first-order valence-corrected chi connectivity index (χ1v) is 7.98. The minimum atomic E-state index is -0.213. The van der Waals surface area contributed by atoms with Crippen LogP contribution in [0.1, 0.15) is 11.1 Å². The molecule has 2 aromatic carbocycles. The van der Waals surface area contributed by atoms with Crippen molar-refractivity contribution in [3.8, 4) is 22.4 Å². The van der Waals surface area contributed by atoms with Gasteiger partial charge in [0.25, 0.3) is 0 Å². The topological polar surface area (TPSA) is 37.3 Å². The number of pyridine rings is 1. The van der Waals surface area contributed by atoms with E-state index in [1.807, 2.05) is 30.3 Å². The number of aryl methyl sites for hydroxylation is 1. The summed E-state index contributed by atoms with van der Waals surface area (Å²) in [5, 5.41) is 3.03. The molecule has 2 heterocycles. The van der Waals surface area contributed by atoms with Gasteiger partial charge in [-0.3, -0.25) is 4.98 Å². The summed E-state index contributed by atoms with van der Waals surface area (Å²) in [4.78, 5) is 8.86. The van der Waals surface area contributed by atoms with Crippen molar-refractivity contribution in [1.29, 1.82) is 0 Å². The average Bonchev–Trinajstić information content (AvgIpc) is 2.64. The molecule has 25 heavy (non-hydrogen) atoms. The Morgan fingerprint density at radius 1 is 1.00 bits per heavy atom. The van der Waals surface area contributed by atoms with Gasteiger partial charge in [-0.15, -0.1) is 0 Å². The molecule has 0 unspecified atom stereocenters. The first-order chi connectivity index (χ1) is 12.1. The van der Waals surface area contributed by atoms with Crippen LogP contribution in [0.15, 0.2) is 66.3 Å². The number of nitrogens with zero attached hydrogens (tertiary/aromatic N) is 2.